The van der Waals surface area contributed by atoms with Crippen molar-refractivity contribution in [3.63, 3.8) is 0 Å². The van der Waals surface area contributed by atoms with Gasteiger partial charge in [0.2, 0.25) is 0 Å². The lowest BCUT2D eigenvalue weighted by Gasteiger charge is -2.31. The minimum atomic E-state index is -0.0737. The molecule has 1 fully saturated rings. The number of carbonyl (C=O) groups is 1. The first-order valence-corrected chi connectivity index (χ1v) is 6.72. The molecule has 1 atom stereocenters. The van der Waals surface area contributed by atoms with Crippen LogP contribution in [-0.2, 0) is 0 Å². The van der Waals surface area contributed by atoms with Crippen LogP contribution in [0.1, 0.15) is 40.7 Å². The van der Waals surface area contributed by atoms with Crippen molar-refractivity contribution in [1.29, 1.82) is 0 Å². The Morgan fingerprint density at radius 2 is 2.35 bits per heavy atom. The number of hydrogen-bond acceptors (Lipinski definition) is 5. The molecule has 1 aliphatic heterocycles. The van der Waals surface area contributed by atoms with Crippen molar-refractivity contribution >= 4 is 5.91 Å². The van der Waals surface area contributed by atoms with Crippen LogP contribution in [0.5, 0.6) is 0 Å². The van der Waals surface area contributed by atoms with E-state index in [0.717, 1.165) is 25.1 Å². The molecule has 0 radical (unpaired) electrons. The summed E-state index contributed by atoms with van der Waals surface area (Å²) in [5, 5.41) is 3.79. The smallest absolute Gasteiger partial charge is 0.276 e. The first kappa shape index (κ1) is 12.8. The van der Waals surface area contributed by atoms with Crippen molar-refractivity contribution in [2.24, 2.45) is 0 Å². The van der Waals surface area contributed by atoms with Crippen molar-refractivity contribution in [2.75, 3.05) is 13.1 Å². The van der Waals surface area contributed by atoms with Gasteiger partial charge in [0.15, 0.2) is 5.69 Å². The van der Waals surface area contributed by atoms with Gasteiger partial charge in [-0.2, -0.15) is 0 Å². The number of rotatable bonds is 2. The van der Waals surface area contributed by atoms with E-state index in [1.807, 2.05) is 4.90 Å². The largest absolute Gasteiger partial charge is 0.361 e. The molecule has 6 nitrogen and oxygen atoms in total. The molecular weight excluding hydrogens is 256 g/mol. The zero-order valence-electron chi connectivity index (χ0n) is 11.3. The summed E-state index contributed by atoms with van der Waals surface area (Å²) in [5.41, 5.74) is 1.32. The second-order valence-corrected chi connectivity index (χ2v) is 5.04. The van der Waals surface area contributed by atoms with Crippen LogP contribution in [0.15, 0.2) is 29.2 Å². The van der Waals surface area contributed by atoms with Crippen molar-refractivity contribution in [3.8, 4) is 0 Å². The molecule has 104 valence electrons. The molecule has 0 spiro atoms. The summed E-state index contributed by atoms with van der Waals surface area (Å²) >= 11 is 0. The van der Waals surface area contributed by atoms with Crippen LogP contribution >= 0.6 is 0 Å². The molecule has 0 unspecified atom stereocenters. The lowest BCUT2D eigenvalue weighted by atomic mass is 9.95. The molecule has 0 aromatic carbocycles. The SMILES string of the molecule is Cc1cc(C(=O)N2CCC[C@@H](c3cnccn3)C2)no1. The van der Waals surface area contributed by atoms with Gasteiger partial charge in [0.1, 0.15) is 5.76 Å². The second kappa shape index (κ2) is 5.40. The summed E-state index contributed by atoms with van der Waals surface area (Å²) < 4.78 is 4.97. The molecule has 6 heteroatoms. The van der Waals surface area contributed by atoms with Crippen LogP contribution in [0.3, 0.4) is 0 Å². The maximum atomic E-state index is 12.4. The molecule has 3 heterocycles. The number of nitrogens with zero attached hydrogens (tertiary/aromatic N) is 4. The summed E-state index contributed by atoms with van der Waals surface area (Å²) in [5.74, 6) is 0.820. The molecular formula is C14H16N4O2. The second-order valence-electron chi connectivity index (χ2n) is 5.04. The number of likely N-dealkylation sites (tertiary alicyclic amines) is 1. The van der Waals surface area contributed by atoms with E-state index in [1.165, 1.54) is 0 Å². The molecule has 0 saturated carbocycles. The van der Waals surface area contributed by atoms with Gasteiger partial charge in [0.25, 0.3) is 5.91 Å². The van der Waals surface area contributed by atoms with Crippen molar-refractivity contribution in [3.05, 3.63) is 41.8 Å². The summed E-state index contributed by atoms with van der Waals surface area (Å²) in [6, 6.07) is 1.67. The quantitative estimate of drug-likeness (QED) is 0.833. The van der Waals surface area contributed by atoms with Gasteiger partial charge in [-0.25, -0.2) is 0 Å². The Bertz CT molecular complexity index is 596. The highest BCUT2D eigenvalue weighted by Crippen LogP contribution is 2.25. The van der Waals surface area contributed by atoms with E-state index in [9.17, 15) is 4.79 Å². The summed E-state index contributed by atoms with van der Waals surface area (Å²) in [4.78, 5) is 22.6. The van der Waals surface area contributed by atoms with Crippen LogP contribution in [0, 0.1) is 6.92 Å². The molecule has 2 aromatic heterocycles. The average Bonchev–Trinajstić information content (AvgIpc) is 2.94. The van der Waals surface area contributed by atoms with Crippen LogP contribution in [0.4, 0.5) is 0 Å². The fraction of sp³-hybridized carbons (Fsp3) is 0.429. The van der Waals surface area contributed by atoms with Gasteiger partial charge in [-0.15, -0.1) is 0 Å². The number of aromatic nitrogens is 3. The topological polar surface area (TPSA) is 72.1 Å². The Kier molecular flexibility index (Phi) is 3.45. The van der Waals surface area contributed by atoms with E-state index in [0.29, 0.717) is 18.0 Å². The van der Waals surface area contributed by atoms with Crippen molar-refractivity contribution in [1.82, 2.24) is 20.0 Å². The van der Waals surface area contributed by atoms with Gasteiger partial charge in [0, 0.05) is 43.7 Å². The fourth-order valence-electron chi connectivity index (χ4n) is 2.55. The Hall–Kier alpha value is -2.24. The third-order valence-corrected chi connectivity index (χ3v) is 3.56. The molecule has 1 aliphatic rings. The first-order valence-electron chi connectivity index (χ1n) is 6.72. The number of piperidine rings is 1. The van der Waals surface area contributed by atoms with Gasteiger partial charge >= 0.3 is 0 Å². The highest BCUT2D eigenvalue weighted by atomic mass is 16.5. The highest BCUT2D eigenvalue weighted by Gasteiger charge is 2.27. The van der Waals surface area contributed by atoms with E-state index >= 15 is 0 Å². The number of carbonyl (C=O) groups excluding carboxylic acids is 1. The number of aryl methyl sites for hydroxylation is 1. The average molecular weight is 272 g/mol. The van der Waals surface area contributed by atoms with E-state index in [1.54, 1.807) is 31.6 Å². The third-order valence-electron chi connectivity index (χ3n) is 3.56. The molecule has 1 amide bonds. The van der Waals surface area contributed by atoms with Gasteiger partial charge in [-0.1, -0.05) is 5.16 Å². The van der Waals surface area contributed by atoms with Gasteiger partial charge in [0.05, 0.1) is 5.69 Å². The summed E-state index contributed by atoms with van der Waals surface area (Å²) in [6.07, 6.45) is 7.12. The molecule has 0 bridgehead atoms. The van der Waals surface area contributed by atoms with Gasteiger partial charge in [-0.3, -0.25) is 14.8 Å². The zero-order valence-corrected chi connectivity index (χ0v) is 11.3. The standard InChI is InChI=1S/C14H16N4O2/c1-10-7-12(17-20-10)14(19)18-6-2-3-11(9-18)13-8-15-4-5-16-13/h4-5,7-8,11H,2-3,6,9H2,1H3/t11-/m1/s1. The van der Waals surface area contributed by atoms with Crippen LogP contribution < -0.4 is 0 Å². The summed E-state index contributed by atoms with van der Waals surface area (Å²) in [6.45, 7) is 3.19. The first-order chi connectivity index (χ1) is 9.74. The Balaban J connectivity index is 1.74. The van der Waals surface area contributed by atoms with Crippen molar-refractivity contribution < 1.29 is 9.32 Å². The summed E-state index contributed by atoms with van der Waals surface area (Å²) in [7, 11) is 0. The monoisotopic (exact) mass is 272 g/mol. The lowest BCUT2D eigenvalue weighted by Crippen LogP contribution is -2.39. The minimum absolute atomic E-state index is 0.0737. The minimum Gasteiger partial charge on any atom is -0.361 e. The Labute approximate surface area is 116 Å². The van der Waals surface area contributed by atoms with Crippen molar-refractivity contribution in [2.45, 2.75) is 25.7 Å². The maximum absolute atomic E-state index is 12.4. The predicted molar refractivity (Wildman–Crippen MR) is 71.2 cm³/mol. The van der Waals surface area contributed by atoms with Gasteiger partial charge in [-0.05, 0) is 19.8 Å². The highest BCUT2D eigenvalue weighted by molar-refractivity contribution is 5.92. The zero-order chi connectivity index (χ0) is 13.9. The van der Waals surface area contributed by atoms with E-state index in [-0.39, 0.29) is 11.8 Å². The van der Waals surface area contributed by atoms with Crippen LogP contribution in [0.2, 0.25) is 0 Å². The predicted octanol–water partition coefficient (Wildman–Crippen LogP) is 1.79. The normalized spacial score (nSPS) is 19.1. The molecule has 3 rings (SSSR count). The van der Waals surface area contributed by atoms with Crippen LogP contribution in [0.25, 0.3) is 0 Å². The molecule has 2 aromatic rings. The molecule has 1 saturated heterocycles. The molecule has 0 N–H and O–H groups in total. The Morgan fingerprint density at radius 3 is 3.05 bits per heavy atom. The lowest BCUT2D eigenvalue weighted by molar-refractivity contribution is 0.0695. The number of hydrogen-bond donors (Lipinski definition) is 0. The third kappa shape index (κ3) is 2.54. The Morgan fingerprint density at radius 1 is 1.45 bits per heavy atom. The number of amides is 1. The van der Waals surface area contributed by atoms with E-state index < -0.39 is 0 Å². The molecule has 0 aliphatic carbocycles. The fourth-order valence-corrected chi connectivity index (χ4v) is 2.55. The molecule has 20 heavy (non-hydrogen) atoms. The van der Waals surface area contributed by atoms with Crippen LogP contribution in [-0.4, -0.2) is 39.0 Å². The maximum Gasteiger partial charge on any atom is 0.276 e. The van der Waals surface area contributed by atoms with E-state index in [4.69, 9.17) is 4.52 Å². The van der Waals surface area contributed by atoms with Gasteiger partial charge < -0.3 is 9.42 Å². The van der Waals surface area contributed by atoms with E-state index in [2.05, 4.69) is 15.1 Å².